The van der Waals surface area contributed by atoms with Crippen LogP contribution in [0.3, 0.4) is 0 Å². The molecule has 84 valence electrons. The Bertz CT molecular complexity index is 445. The van der Waals surface area contributed by atoms with E-state index in [2.05, 4.69) is 12.0 Å². The molecule has 0 aliphatic rings. The van der Waals surface area contributed by atoms with Crippen LogP contribution >= 0.6 is 0 Å². The van der Waals surface area contributed by atoms with Gasteiger partial charge in [-0.2, -0.15) is 5.10 Å². The lowest BCUT2D eigenvalue weighted by molar-refractivity contribution is 0.475. The van der Waals surface area contributed by atoms with Gasteiger partial charge in [-0.05, 0) is 43.2 Å². The van der Waals surface area contributed by atoms with Gasteiger partial charge in [-0.15, -0.1) is 0 Å². The Morgan fingerprint density at radius 2 is 1.94 bits per heavy atom. The van der Waals surface area contributed by atoms with Crippen molar-refractivity contribution < 1.29 is 5.11 Å². The van der Waals surface area contributed by atoms with Crippen molar-refractivity contribution in [2.24, 2.45) is 0 Å². The zero-order valence-electron chi connectivity index (χ0n) is 9.43. The Morgan fingerprint density at radius 3 is 2.62 bits per heavy atom. The maximum Gasteiger partial charge on any atom is 0.115 e. The molecule has 0 fully saturated rings. The van der Waals surface area contributed by atoms with E-state index in [4.69, 9.17) is 0 Å². The second-order valence-corrected chi connectivity index (χ2v) is 3.87. The Balaban J connectivity index is 2.15. The molecule has 0 radical (unpaired) electrons. The molecule has 0 saturated carbocycles. The van der Waals surface area contributed by atoms with Gasteiger partial charge < -0.3 is 5.11 Å². The van der Waals surface area contributed by atoms with Crippen LogP contribution in [0.1, 0.15) is 25.5 Å². The maximum atomic E-state index is 9.20. The summed E-state index contributed by atoms with van der Waals surface area (Å²) in [7, 11) is 0. The number of aryl methyl sites for hydroxylation is 1. The standard InChI is InChI=1S/C13H16N2O/c1-2-3-4-11-9-10-15(14-11)12-5-7-13(16)8-6-12/h5-10,16H,2-4H2,1H3. The van der Waals surface area contributed by atoms with E-state index < -0.39 is 0 Å². The molecule has 0 amide bonds. The molecule has 0 atom stereocenters. The van der Waals surface area contributed by atoms with E-state index in [0.29, 0.717) is 0 Å². The number of phenolic OH excluding ortho intramolecular Hbond substituents is 1. The van der Waals surface area contributed by atoms with E-state index in [1.165, 1.54) is 12.8 Å². The van der Waals surface area contributed by atoms with Crippen molar-refractivity contribution in [3.05, 3.63) is 42.2 Å². The fourth-order valence-corrected chi connectivity index (χ4v) is 1.60. The number of benzene rings is 1. The number of aromatic hydroxyl groups is 1. The van der Waals surface area contributed by atoms with Crippen LogP contribution in [0.4, 0.5) is 0 Å². The Labute approximate surface area is 95.3 Å². The van der Waals surface area contributed by atoms with Gasteiger partial charge in [0.2, 0.25) is 0 Å². The van der Waals surface area contributed by atoms with Gasteiger partial charge in [0.1, 0.15) is 5.75 Å². The zero-order chi connectivity index (χ0) is 11.4. The van der Waals surface area contributed by atoms with E-state index in [9.17, 15) is 5.11 Å². The summed E-state index contributed by atoms with van der Waals surface area (Å²) < 4.78 is 1.84. The van der Waals surface area contributed by atoms with E-state index in [-0.39, 0.29) is 5.75 Å². The molecule has 0 aliphatic carbocycles. The van der Waals surface area contributed by atoms with Crippen molar-refractivity contribution in [1.29, 1.82) is 0 Å². The Kier molecular flexibility index (Phi) is 3.25. The molecule has 1 N–H and O–H groups in total. The smallest absolute Gasteiger partial charge is 0.115 e. The van der Waals surface area contributed by atoms with Crippen LogP contribution in [0.5, 0.6) is 5.75 Å². The van der Waals surface area contributed by atoms with Crippen molar-refractivity contribution in [2.45, 2.75) is 26.2 Å². The number of hydrogen-bond acceptors (Lipinski definition) is 2. The van der Waals surface area contributed by atoms with E-state index in [1.54, 1.807) is 12.1 Å². The lowest BCUT2D eigenvalue weighted by atomic mass is 10.2. The second-order valence-electron chi connectivity index (χ2n) is 3.87. The van der Waals surface area contributed by atoms with Gasteiger partial charge in [-0.25, -0.2) is 4.68 Å². The summed E-state index contributed by atoms with van der Waals surface area (Å²) in [4.78, 5) is 0. The third-order valence-electron chi connectivity index (χ3n) is 2.55. The highest BCUT2D eigenvalue weighted by Crippen LogP contribution is 2.13. The van der Waals surface area contributed by atoms with Gasteiger partial charge >= 0.3 is 0 Å². The van der Waals surface area contributed by atoms with Gasteiger partial charge in [0, 0.05) is 6.20 Å². The molecule has 2 rings (SSSR count). The van der Waals surface area contributed by atoms with Gasteiger partial charge in [0.05, 0.1) is 11.4 Å². The molecule has 0 saturated heterocycles. The van der Waals surface area contributed by atoms with Crippen LogP contribution in [0.25, 0.3) is 5.69 Å². The van der Waals surface area contributed by atoms with Crippen LogP contribution < -0.4 is 0 Å². The van der Waals surface area contributed by atoms with Crippen LogP contribution in [0, 0.1) is 0 Å². The topological polar surface area (TPSA) is 38.0 Å². The average molecular weight is 216 g/mol. The highest BCUT2D eigenvalue weighted by atomic mass is 16.3. The van der Waals surface area contributed by atoms with Crippen LogP contribution in [0.2, 0.25) is 0 Å². The number of unbranched alkanes of at least 4 members (excludes halogenated alkanes) is 1. The summed E-state index contributed by atoms with van der Waals surface area (Å²) in [5, 5.41) is 13.7. The van der Waals surface area contributed by atoms with Crippen molar-refractivity contribution >= 4 is 0 Å². The van der Waals surface area contributed by atoms with E-state index in [1.807, 2.05) is 29.1 Å². The highest BCUT2D eigenvalue weighted by molar-refractivity contribution is 5.36. The van der Waals surface area contributed by atoms with Crippen molar-refractivity contribution in [1.82, 2.24) is 9.78 Å². The van der Waals surface area contributed by atoms with Gasteiger partial charge in [0.25, 0.3) is 0 Å². The third kappa shape index (κ3) is 2.42. The first-order valence-corrected chi connectivity index (χ1v) is 5.63. The van der Waals surface area contributed by atoms with Crippen molar-refractivity contribution in [2.75, 3.05) is 0 Å². The van der Waals surface area contributed by atoms with Gasteiger partial charge in [-0.3, -0.25) is 0 Å². The molecule has 1 aromatic carbocycles. The predicted octanol–water partition coefficient (Wildman–Crippen LogP) is 2.92. The monoisotopic (exact) mass is 216 g/mol. The Morgan fingerprint density at radius 1 is 1.19 bits per heavy atom. The number of hydrogen-bond donors (Lipinski definition) is 1. The molecule has 1 aromatic heterocycles. The number of phenols is 1. The van der Waals surface area contributed by atoms with Gasteiger partial charge in [-0.1, -0.05) is 13.3 Å². The minimum atomic E-state index is 0.280. The number of aromatic nitrogens is 2. The van der Waals surface area contributed by atoms with Crippen LogP contribution in [-0.2, 0) is 6.42 Å². The molecule has 0 aliphatic heterocycles. The SMILES string of the molecule is CCCCc1ccn(-c2ccc(O)cc2)n1. The summed E-state index contributed by atoms with van der Waals surface area (Å²) in [5.41, 5.74) is 2.09. The lowest BCUT2D eigenvalue weighted by Gasteiger charge is -2.00. The largest absolute Gasteiger partial charge is 0.508 e. The number of rotatable bonds is 4. The summed E-state index contributed by atoms with van der Waals surface area (Å²) in [5.74, 6) is 0.280. The summed E-state index contributed by atoms with van der Waals surface area (Å²) in [6.45, 7) is 2.18. The summed E-state index contributed by atoms with van der Waals surface area (Å²) >= 11 is 0. The first-order valence-electron chi connectivity index (χ1n) is 5.63. The second kappa shape index (κ2) is 4.84. The molecule has 2 aromatic rings. The fourth-order valence-electron chi connectivity index (χ4n) is 1.60. The molecule has 3 nitrogen and oxygen atoms in total. The molecule has 16 heavy (non-hydrogen) atoms. The molecular formula is C13H16N2O. The summed E-state index contributed by atoms with van der Waals surface area (Å²) in [6, 6.07) is 9.09. The van der Waals surface area contributed by atoms with Crippen LogP contribution in [0.15, 0.2) is 36.5 Å². The molecule has 1 heterocycles. The molecule has 0 unspecified atom stereocenters. The molecule has 0 spiro atoms. The summed E-state index contributed by atoms with van der Waals surface area (Å²) in [6.07, 6.45) is 5.34. The average Bonchev–Trinajstić information content (AvgIpc) is 2.76. The van der Waals surface area contributed by atoms with Crippen molar-refractivity contribution in [3.63, 3.8) is 0 Å². The van der Waals surface area contributed by atoms with E-state index in [0.717, 1.165) is 17.8 Å². The Hall–Kier alpha value is -1.77. The highest BCUT2D eigenvalue weighted by Gasteiger charge is 2.00. The molecular weight excluding hydrogens is 200 g/mol. The van der Waals surface area contributed by atoms with Crippen molar-refractivity contribution in [3.8, 4) is 11.4 Å². The van der Waals surface area contributed by atoms with Gasteiger partial charge in [0.15, 0.2) is 0 Å². The quantitative estimate of drug-likeness (QED) is 0.853. The lowest BCUT2D eigenvalue weighted by Crippen LogP contribution is -1.95. The molecule has 0 bridgehead atoms. The molecule has 3 heteroatoms. The predicted molar refractivity (Wildman–Crippen MR) is 63.8 cm³/mol. The minimum absolute atomic E-state index is 0.280. The maximum absolute atomic E-state index is 9.20. The zero-order valence-corrected chi connectivity index (χ0v) is 9.43. The van der Waals surface area contributed by atoms with Crippen LogP contribution in [-0.4, -0.2) is 14.9 Å². The normalized spacial score (nSPS) is 10.6. The van der Waals surface area contributed by atoms with E-state index >= 15 is 0 Å². The first-order chi connectivity index (χ1) is 7.79. The first kappa shape index (κ1) is 10.7. The minimum Gasteiger partial charge on any atom is -0.508 e. The fraction of sp³-hybridized carbons (Fsp3) is 0.308. The third-order valence-corrected chi connectivity index (χ3v) is 2.55. The number of nitrogens with zero attached hydrogens (tertiary/aromatic N) is 2.